The number of furan rings is 1. The highest BCUT2D eigenvalue weighted by molar-refractivity contribution is 7.09. The maximum atomic E-state index is 12.5. The number of hydrogen-bond donors (Lipinski definition) is 0. The van der Waals surface area contributed by atoms with Crippen molar-refractivity contribution in [1.29, 1.82) is 0 Å². The van der Waals surface area contributed by atoms with Crippen LogP contribution >= 0.6 is 11.3 Å². The summed E-state index contributed by atoms with van der Waals surface area (Å²) in [7, 11) is 0. The minimum Gasteiger partial charge on any atom is -0.465 e. The zero-order chi connectivity index (χ0) is 16.7. The Kier molecular flexibility index (Phi) is 3.96. The standard InChI is InChI=1S/C18H23N3O2S/c1-13-3-4-16(23-13)9-20-6-5-18(11-20)7-17(22)21(12-18)8-15-10-24-14(2)19-15/h3-4,10H,5-9,11-12H2,1-2H3/t18-/m1/s1. The zero-order valence-corrected chi connectivity index (χ0v) is 15.1. The lowest BCUT2D eigenvalue weighted by Gasteiger charge is -2.23. The van der Waals surface area contributed by atoms with Crippen LogP contribution in [0.3, 0.4) is 0 Å². The molecule has 0 radical (unpaired) electrons. The number of rotatable bonds is 4. The molecule has 4 heterocycles. The molecule has 2 aromatic heterocycles. The molecule has 2 fully saturated rings. The largest absolute Gasteiger partial charge is 0.465 e. The van der Waals surface area contributed by atoms with Gasteiger partial charge in [0, 0.05) is 30.3 Å². The van der Waals surface area contributed by atoms with E-state index in [1.54, 1.807) is 11.3 Å². The Hall–Kier alpha value is -1.66. The molecule has 5 nitrogen and oxygen atoms in total. The molecule has 0 bridgehead atoms. The molecule has 128 valence electrons. The lowest BCUT2D eigenvalue weighted by molar-refractivity contribution is -0.128. The van der Waals surface area contributed by atoms with Gasteiger partial charge in [-0.1, -0.05) is 0 Å². The molecule has 0 aliphatic carbocycles. The molecule has 1 amide bonds. The van der Waals surface area contributed by atoms with Crippen LogP contribution < -0.4 is 0 Å². The van der Waals surface area contributed by atoms with Crippen LogP contribution in [0.4, 0.5) is 0 Å². The topological polar surface area (TPSA) is 49.6 Å². The van der Waals surface area contributed by atoms with Crippen LogP contribution in [0, 0.1) is 19.3 Å². The summed E-state index contributed by atoms with van der Waals surface area (Å²) in [5.74, 6) is 2.25. The Morgan fingerprint density at radius 2 is 2.17 bits per heavy atom. The number of amides is 1. The summed E-state index contributed by atoms with van der Waals surface area (Å²) < 4.78 is 5.69. The van der Waals surface area contributed by atoms with Gasteiger partial charge in [-0.2, -0.15) is 0 Å². The van der Waals surface area contributed by atoms with Crippen molar-refractivity contribution in [2.75, 3.05) is 19.6 Å². The van der Waals surface area contributed by atoms with E-state index in [1.807, 2.05) is 24.8 Å². The number of likely N-dealkylation sites (tertiary alicyclic amines) is 2. The Labute approximate surface area is 146 Å². The van der Waals surface area contributed by atoms with E-state index >= 15 is 0 Å². The second-order valence-corrected chi connectivity index (χ2v) is 8.32. The van der Waals surface area contributed by atoms with Crippen molar-refractivity contribution in [1.82, 2.24) is 14.8 Å². The molecule has 6 heteroatoms. The van der Waals surface area contributed by atoms with E-state index in [1.165, 1.54) is 0 Å². The minimum absolute atomic E-state index is 0.115. The van der Waals surface area contributed by atoms with Gasteiger partial charge in [0.15, 0.2) is 0 Å². The monoisotopic (exact) mass is 345 g/mol. The highest BCUT2D eigenvalue weighted by Crippen LogP contribution is 2.41. The fraction of sp³-hybridized carbons (Fsp3) is 0.556. The first-order chi connectivity index (χ1) is 11.5. The second kappa shape index (κ2) is 6.01. The third-order valence-electron chi connectivity index (χ3n) is 5.12. The lowest BCUT2D eigenvalue weighted by atomic mass is 9.86. The van der Waals surface area contributed by atoms with Gasteiger partial charge in [0.25, 0.3) is 0 Å². The first kappa shape index (κ1) is 15.8. The highest BCUT2D eigenvalue weighted by Gasteiger charge is 2.47. The van der Waals surface area contributed by atoms with Gasteiger partial charge in [0.05, 0.1) is 23.8 Å². The van der Waals surface area contributed by atoms with Gasteiger partial charge < -0.3 is 9.32 Å². The van der Waals surface area contributed by atoms with Gasteiger partial charge in [-0.15, -0.1) is 11.3 Å². The van der Waals surface area contributed by atoms with Crippen LogP contribution in [-0.2, 0) is 17.9 Å². The van der Waals surface area contributed by atoms with Gasteiger partial charge >= 0.3 is 0 Å². The second-order valence-electron chi connectivity index (χ2n) is 7.26. The third kappa shape index (κ3) is 3.13. The number of carbonyl (C=O) groups excluding carboxylic acids is 1. The van der Waals surface area contributed by atoms with Crippen molar-refractivity contribution >= 4 is 17.2 Å². The van der Waals surface area contributed by atoms with E-state index in [2.05, 4.69) is 21.3 Å². The number of aromatic nitrogens is 1. The molecule has 24 heavy (non-hydrogen) atoms. The van der Waals surface area contributed by atoms with Gasteiger partial charge in [-0.25, -0.2) is 4.98 Å². The van der Waals surface area contributed by atoms with E-state index in [0.29, 0.717) is 13.0 Å². The summed E-state index contributed by atoms with van der Waals surface area (Å²) in [6, 6.07) is 4.06. The van der Waals surface area contributed by atoms with Crippen LogP contribution in [0.2, 0.25) is 0 Å². The van der Waals surface area contributed by atoms with Gasteiger partial charge in [-0.05, 0) is 38.9 Å². The maximum absolute atomic E-state index is 12.5. The first-order valence-electron chi connectivity index (χ1n) is 8.48. The normalized spacial score (nSPS) is 24.6. The van der Waals surface area contributed by atoms with Crippen LogP contribution in [0.5, 0.6) is 0 Å². The predicted octanol–water partition coefficient (Wildman–Crippen LogP) is 2.98. The van der Waals surface area contributed by atoms with Crippen molar-refractivity contribution in [3.8, 4) is 0 Å². The maximum Gasteiger partial charge on any atom is 0.223 e. The van der Waals surface area contributed by atoms with Crippen LogP contribution in [0.1, 0.15) is 35.1 Å². The molecule has 0 unspecified atom stereocenters. The van der Waals surface area contributed by atoms with Crippen LogP contribution in [0.15, 0.2) is 21.9 Å². The van der Waals surface area contributed by atoms with Crippen molar-refractivity contribution < 1.29 is 9.21 Å². The van der Waals surface area contributed by atoms with Gasteiger partial charge in [0.2, 0.25) is 5.91 Å². The van der Waals surface area contributed by atoms with E-state index in [9.17, 15) is 4.79 Å². The number of hydrogen-bond acceptors (Lipinski definition) is 5. The highest BCUT2D eigenvalue weighted by atomic mass is 32.1. The summed E-state index contributed by atoms with van der Waals surface area (Å²) in [4.78, 5) is 21.4. The Balaban J connectivity index is 1.39. The van der Waals surface area contributed by atoms with Crippen LogP contribution in [0.25, 0.3) is 0 Å². The molecule has 0 N–H and O–H groups in total. The minimum atomic E-state index is 0.115. The summed E-state index contributed by atoms with van der Waals surface area (Å²) in [6.07, 6.45) is 1.76. The number of carbonyl (C=O) groups is 1. The molecular formula is C18H23N3O2S. The first-order valence-corrected chi connectivity index (χ1v) is 9.36. The Bertz CT molecular complexity index is 753. The third-order valence-corrected chi connectivity index (χ3v) is 5.94. The SMILES string of the molecule is Cc1ccc(CN2CC[C@@]3(CC(=O)N(Cc4csc(C)n4)C3)C2)o1. The molecule has 0 aromatic carbocycles. The average Bonchev–Trinajstić information content (AvgIpc) is 3.26. The Morgan fingerprint density at radius 1 is 1.29 bits per heavy atom. The fourth-order valence-electron chi connectivity index (χ4n) is 4.03. The van der Waals surface area contributed by atoms with Gasteiger partial charge in [0.1, 0.15) is 11.5 Å². The molecule has 0 saturated carbocycles. The number of aryl methyl sites for hydroxylation is 2. The van der Waals surface area contributed by atoms with Gasteiger partial charge in [-0.3, -0.25) is 9.69 Å². The van der Waals surface area contributed by atoms with Crippen LogP contribution in [-0.4, -0.2) is 40.3 Å². The molecule has 2 aliphatic heterocycles. The molecule has 1 spiro atoms. The smallest absolute Gasteiger partial charge is 0.223 e. The molecule has 2 aromatic rings. The van der Waals surface area contributed by atoms with Crippen molar-refractivity contribution in [3.05, 3.63) is 39.7 Å². The van der Waals surface area contributed by atoms with E-state index in [4.69, 9.17) is 4.42 Å². The number of nitrogens with zero attached hydrogens (tertiary/aromatic N) is 3. The fourth-order valence-corrected chi connectivity index (χ4v) is 4.63. The quantitative estimate of drug-likeness (QED) is 0.855. The molecule has 2 aliphatic rings. The Morgan fingerprint density at radius 3 is 2.88 bits per heavy atom. The van der Waals surface area contributed by atoms with E-state index < -0.39 is 0 Å². The van der Waals surface area contributed by atoms with Crippen molar-refractivity contribution in [2.24, 2.45) is 5.41 Å². The molecule has 2 saturated heterocycles. The molecule has 1 atom stereocenters. The van der Waals surface area contributed by atoms with E-state index in [0.717, 1.165) is 54.8 Å². The average molecular weight is 345 g/mol. The summed E-state index contributed by atoms with van der Waals surface area (Å²) in [5, 5.41) is 3.13. The number of thiazole rings is 1. The summed E-state index contributed by atoms with van der Waals surface area (Å²) in [6.45, 7) is 8.35. The predicted molar refractivity (Wildman–Crippen MR) is 92.7 cm³/mol. The van der Waals surface area contributed by atoms with Crippen molar-refractivity contribution in [2.45, 2.75) is 39.8 Å². The molecular weight excluding hydrogens is 322 g/mol. The molecule has 4 rings (SSSR count). The van der Waals surface area contributed by atoms with E-state index in [-0.39, 0.29) is 11.3 Å². The summed E-state index contributed by atoms with van der Waals surface area (Å²) in [5.41, 5.74) is 1.13. The zero-order valence-electron chi connectivity index (χ0n) is 14.2. The van der Waals surface area contributed by atoms with Crippen molar-refractivity contribution in [3.63, 3.8) is 0 Å². The lowest BCUT2D eigenvalue weighted by Crippen LogP contribution is -2.31. The summed E-state index contributed by atoms with van der Waals surface area (Å²) >= 11 is 1.65.